The van der Waals surface area contributed by atoms with Crippen molar-refractivity contribution < 1.29 is 14.5 Å². The van der Waals surface area contributed by atoms with Crippen molar-refractivity contribution >= 4 is 40.6 Å². The van der Waals surface area contributed by atoms with Crippen LogP contribution in [0.15, 0.2) is 88.7 Å². The van der Waals surface area contributed by atoms with Crippen molar-refractivity contribution in [1.29, 1.82) is 0 Å². The summed E-state index contributed by atoms with van der Waals surface area (Å²) >= 11 is 1.53. The normalized spacial score (nSPS) is 18.8. The largest absolute Gasteiger partial charge is 0.369 e. The van der Waals surface area contributed by atoms with Crippen molar-refractivity contribution in [2.75, 3.05) is 36.0 Å². The molecule has 0 bridgehead atoms. The lowest BCUT2D eigenvalue weighted by molar-refractivity contribution is -0.384. The maximum Gasteiger partial charge on any atom is 0.269 e. The fourth-order valence-electron chi connectivity index (χ4n) is 4.57. The summed E-state index contributed by atoms with van der Waals surface area (Å²) in [7, 11) is 0. The van der Waals surface area contributed by atoms with Gasteiger partial charge in [0.2, 0.25) is 5.91 Å². The summed E-state index contributed by atoms with van der Waals surface area (Å²) in [5.41, 5.74) is 1.61. The van der Waals surface area contributed by atoms with Gasteiger partial charge < -0.3 is 4.90 Å². The van der Waals surface area contributed by atoms with Crippen molar-refractivity contribution in [2.24, 2.45) is 0 Å². The van der Waals surface area contributed by atoms with Gasteiger partial charge in [0.1, 0.15) is 0 Å². The maximum atomic E-state index is 13.4. The van der Waals surface area contributed by atoms with Gasteiger partial charge in [-0.25, -0.2) is 4.90 Å². The number of amides is 2. The highest BCUT2D eigenvalue weighted by Gasteiger charge is 2.44. The quantitative estimate of drug-likeness (QED) is 0.292. The van der Waals surface area contributed by atoms with Crippen LogP contribution in [0, 0.1) is 10.1 Å². The van der Waals surface area contributed by atoms with Crippen LogP contribution in [-0.4, -0.2) is 53.9 Å². The number of hydrogen-bond donors (Lipinski definition) is 0. The summed E-state index contributed by atoms with van der Waals surface area (Å²) in [6, 6.07) is 23.4. The smallest absolute Gasteiger partial charge is 0.269 e. The lowest BCUT2D eigenvalue weighted by atomic mass is 10.1. The zero-order valence-electron chi connectivity index (χ0n) is 18.9. The van der Waals surface area contributed by atoms with Gasteiger partial charge in [-0.2, -0.15) is 0 Å². The van der Waals surface area contributed by atoms with Crippen molar-refractivity contribution in [2.45, 2.75) is 22.3 Å². The monoisotopic (exact) mass is 488 g/mol. The third-order valence-corrected chi connectivity index (χ3v) is 7.45. The van der Waals surface area contributed by atoms with E-state index in [9.17, 15) is 19.7 Å². The van der Waals surface area contributed by atoms with E-state index in [4.69, 9.17) is 0 Å². The van der Waals surface area contributed by atoms with E-state index in [0.29, 0.717) is 31.9 Å². The van der Waals surface area contributed by atoms with Gasteiger partial charge in [-0.1, -0.05) is 42.1 Å². The molecule has 0 spiro atoms. The maximum absolute atomic E-state index is 13.4. The van der Waals surface area contributed by atoms with E-state index in [1.807, 2.05) is 54.6 Å². The highest BCUT2D eigenvalue weighted by atomic mass is 32.2. The van der Waals surface area contributed by atoms with Crippen LogP contribution in [0.4, 0.5) is 17.1 Å². The standard InChI is InChI=1S/C26H24N4O4S/c31-25-18-23(28-16-14-27(15-17-28)19-10-12-20(13-11-19)30(33)34)26(32)29(25)22-8-4-5-9-24(22)35-21-6-2-1-3-7-21/h1-13,23H,14-18H2/t23-/m0/s1. The molecule has 1 atom stereocenters. The number of nitro benzene ring substituents is 1. The number of piperazine rings is 1. The molecular formula is C26H24N4O4S. The molecule has 3 aromatic carbocycles. The molecule has 2 aliphatic rings. The van der Waals surface area contributed by atoms with Crippen LogP contribution in [0.5, 0.6) is 0 Å². The summed E-state index contributed by atoms with van der Waals surface area (Å²) in [4.78, 5) is 44.4. The molecule has 2 aliphatic heterocycles. The SMILES string of the molecule is O=C1C[C@H](N2CCN(c3ccc([N+](=O)[O-])cc3)CC2)C(=O)N1c1ccccc1Sc1ccccc1. The van der Waals surface area contributed by atoms with E-state index in [2.05, 4.69) is 9.80 Å². The number of carbonyl (C=O) groups is 2. The molecule has 5 rings (SSSR count). The van der Waals surface area contributed by atoms with Gasteiger partial charge in [0, 0.05) is 53.8 Å². The number of rotatable bonds is 6. The summed E-state index contributed by atoms with van der Waals surface area (Å²) in [6.07, 6.45) is 0.167. The zero-order valence-corrected chi connectivity index (χ0v) is 19.8. The third-order valence-electron chi connectivity index (χ3n) is 6.38. The predicted octanol–water partition coefficient (Wildman–Crippen LogP) is 4.20. The minimum Gasteiger partial charge on any atom is -0.369 e. The van der Waals surface area contributed by atoms with Gasteiger partial charge in [0.25, 0.3) is 11.6 Å². The Morgan fingerprint density at radius 2 is 1.49 bits per heavy atom. The molecule has 0 saturated carbocycles. The number of carbonyl (C=O) groups excluding carboxylic acids is 2. The lowest BCUT2D eigenvalue weighted by Crippen LogP contribution is -2.52. The average molecular weight is 489 g/mol. The van der Waals surface area contributed by atoms with E-state index >= 15 is 0 Å². The molecule has 2 saturated heterocycles. The number of nitrogens with zero attached hydrogens (tertiary/aromatic N) is 4. The number of non-ortho nitro benzene ring substituents is 1. The first kappa shape index (κ1) is 23.1. The number of anilines is 2. The molecule has 0 unspecified atom stereocenters. The van der Waals surface area contributed by atoms with Crippen molar-refractivity contribution in [3.05, 3.63) is 89.0 Å². The van der Waals surface area contributed by atoms with Gasteiger partial charge in [-0.3, -0.25) is 24.6 Å². The Labute approximate surface area is 207 Å². The molecule has 3 aromatic rings. The first-order chi connectivity index (χ1) is 17.0. The van der Waals surface area contributed by atoms with Crippen LogP contribution in [0.2, 0.25) is 0 Å². The third kappa shape index (κ3) is 4.78. The average Bonchev–Trinajstić information content (AvgIpc) is 3.18. The van der Waals surface area contributed by atoms with Crippen LogP contribution in [0.3, 0.4) is 0 Å². The Bertz CT molecular complexity index is 1240. The van der Waals surface area contributed by atoms with Crippen LogP contribution < -0.4 is 9.80 Å². The van der Waals surface area contributed by atoms with Gasteiger partial charge in [-0.05, 0) is 36.4 Å². The molecule has 2 fully saturated rings. The molecule has 8 nitrogen and oxygen atoms in total. The van der Waals surface area contributed by atoms with Crippen molar-refractivity contribution in [3.63, 3.8) is 0 Å². The van der Waals surface area contributed by atoms with Gasteiger partial charge in [-0.15, -0.1) is 0 Å². The van der Waals surface area contributed by atoms with E-state index in [-0.39, 0.29) is 23.9 Å². The second-order valence-corrected chi connectivity index (χ2v) is 9.58. The molecule has 2 amide bonds. The van der Waals surface area contributed by atoms with Crippen LogP contribution in [0.25, 0.3) is 0 Å². The summed E-state index contributed by atoms with van der Waals surface area (Å²) in [6.45, 7) is 2.62. The van der Waals surface area contributed by atoms with Gasteiger partial charge in [0.05, 0.1) is 23.1 Å². The summed E-state index contributed by atoms with van der Waals surface area (Å²) in [5.74, 6) is -0.362. The predicted molar refractivity (Wildman–Crippen MR) is 135 cm³/mol. The van der Waals surface area contributed by atoms with Crippen molar-refractivity contribution in [3.8, 4) is 0 Å². The number of nitro groups is 1. The Balaban J connectivity index is 1.27. The molecule has 2 heterocycles. The van der Waals surface area contributed by atoms with Crippen LogP contribution >= 0.6 is 11.8 Å². The molecule has 0 radical (unpaired) electrons. The Morgan fingerprint density at radius 3 is 2.17 bits per heavy atom. The number of imide groups is 1. The van der Waals surface area contributed by atoms with Gasteiger partial charge in [0.15, 0.2) is 0 Å². The molecule has 0 N–H and O–H groups in total. The second kappa shape index (κ2) is 9.89. The molecule has 9 heteroatoms. The Morgan fingerprint density at radius 1 is 0.829 bits per heavy atom. The summed E-state index contributed by atoms with van der Waals surface area (Å²) in [5, 5.41) is 10.9. The van der Waals surface area contributed by atoms with E-state index < -0.39 is 11.0 Å². The Kier molecular flexibility index (Phi) is 6.52. The minimum absolute atomic E-state index is 0.0632. The number of benzene rings is 3. The number of para-hydroxylation sites is 1. The fourth-order valence-corrected chi connectivity index (χ4v) is 5.53. The molecule has 0 aromatic heterocycles. The van der Waals surface area contributed by atoms with Gasteiger partial charge >= 0.3 is 0 Å². The fraction of sp³-hybridized carbons (Fsp3) is 0.231. The van der Waals surface area contributed by atoms with E-state index in [1.165, 1.54) is 28.8 Å². The van der Waals surface area contributed by atoms with Crippen LogP contribution in [0.1, 0.15) is 6.42 Å². The Hall–Kier alpha value is -3.69. The summed E-state index contributed by atoms with van der Waals surface area (Å²) < 4.78 is 0. The molecule has 0 aliphatic carbocycles. The molecule has 178 valence electrons. The highest BCUT2D eigenvalue weighted by molar-refractivity contribution is 7.99. The lowest BCUT2D eigenvalue weighted by Gasteiger charge is -2.38. The highest BCUT2D eigenvalue weighted by Crippen LogP contribution is 2.38. The van der Waals surface area contributed by atoms with E-state index in [1.54, 1.807) is 12.1 Å². The topological polar surface area (TPSA) is 87.0 Å². The van der Waals surface area contributed by atoms with E-state index in [0.717, 1.165) is 15.5 Å². The zero-order chi connectivity index (χ0) is 24.4. The molecule has 35 heavy (non-hydrogen) atoms. The number of hydrogen-bond acceptors (Lipinski definition) is 7. The van der Waals surface area contributed by atoms with Crippen molar-refractivity contribution in [1.82, 2.24) is 4.90 Å². The first-order valence-corrected chi connectivity index (χ1v) is 12.2. The second-order valence-electron chi connectivity index (χ2n) is 8.47. The minimum atomic E-state index is -0.476. The van der Waals surface area contributed by atoms with Crippen LogP contribution in [-0.2, 0) is 9.59 Å². The molecular weight excluding hydrogens is 464 g/mol. The first-order valence-electron chi connectivity index (χ1n) is 11.4.